The molecule has 2 aromatic rings. The lowest BCUT2D eigenvalue weighted by Gasteiger charge is -2.18. The summed E-state index contributed by atoms with van der Waals surface area (Å²) in [6.07, 6.45) is -0.489. The van der Waals surface area contributed by atoms with E-state index in [4.69, 9.17) is 16.3 Å². The molecule has 0 radical (unpaired) electrons. The van der Waals surface area contributed by atoms with Crippen LogP contribution in [0.3, 0.4) is 0 Å². The zero-order valence-corrected chi connectivity index (χ0v) is 13.8. The normalized spacial score (nSPS) is 11.0. The number of ether oxygens (including phenoxy) is 1. The lowest BCUT2D eigenvalue weighted by atomic mass is 10.2. The van der Waals surface area contributed by atoms with E-state index in [0.717, 1.165) is 11.1 Å². The summed E-state index contributed by atoms with van der Waals surface area (Å²) >= 11 is 6.09. The highest BCUT2D eigenvalue weighted by Crippen LogP contribution is 2.18. The van der Waals surface area contributed by atoms with Crippen molar-refractivity contribution in [3.05, 3.63) is 34.6 Å². The van der Waals surface area contributed by atoms with E-state index in [1.54, 1.807) is 10.6 Å². The fourth-order valence-electron chi connectivity index (χ4n) is 1.83. The minimum Gasteiger partial charge on any atom is -0.444 e. The molecule has 116 valence electrons. The lowest BCUT2D eigenvalue weighted by molar-refractivity contribution is 0.0535. The average Bonchev–Trinajstić information content (AvgIpc) is 2.72. The zero-order valence-electron chi connectivity index (χ0n) is 13.0. The van der Waals surface area contributed by atoms with Gasteiger partial charge in [0.2, 0.25) is 0 Å². The molecule has 1 amide bonds. The van der Waals surface area contributed by atoms with E-state index in [1.807, 2.05) is 39.8 Å². The minimum absolute atomic E-state index is 0.190. The maximum Gasteiger partial charge on any atom is 0.408 e. The van der Waals surface area contributed by atoms with Gasteiger partial charge in [0.05, 0.1) is 12.1 Å². The quantitative estimate of drug-likeness (QED) is 0.649. The number of aromatic nitrogens is 2. The number of pyridine rings is 1. The summed E-state index contributed by atoms with van der Waals surface area (Å²) in [7, 11) is 0. The summed E-state index contributed by atoms with van der Waals surface area (Å²) in [4.78, 5) is 11.5. The monoisotopic (exact) mass is 319 g/mol. The van der Waals surface area contributed by atoms with Gasteiger partial charge in [-0.05, 0) is 45.7 Å². The molecule has 6 heteroatoms. The molecule has 0 aliphatic rings. The second kappa shape index (κ2) is 6.29. The van der Waals surface area contributed by atoms with Crippen molar-refractivity contribution in [1.29, 1.82) is 0 Å². The molecule has 5 nitrogen and oxygen atoms in total. The Kier molecular flexibility index (Phi) is 4.62. The van der Waals surface area contributed by atoms with Gasteiger partial charge in [-0.15, -0.1) is 0 Å². The van der Waals surface area contributed by atoms with Crippen LogP contribution < -0.4 is 5.32 Å². The van der Waals surface area contributed by atoms with Gasteiger partial charge in [-0.25, -0.2) is 9.31 Å². The molecule has 0 saturated carbocycles. The van der Waals surface area contributed by atoms with Crippen molar-refractivity contribution in [3.8, 4) is 11.8 Å². The maximum atomic E-state index is 11.5. The number of carbonyl (C=O) groups is 1. The van der Waals surface area contributed by atoms with E-state index in [0.29, 0.717) is 10.8 Å². The summed E-state index contributed by atoms with van der Waals surface area (Å²) in [5, 5.41) is 7.46. The van der Waals surface area contributed by atoms with Crippen molar-refractivity contribution < 1.29 is 9.53 Å². The third-order valence-electron chi connectivity index (χ3n) is 2.78. The molecule has 0 unspecified atom stereocenters. The highest BCUT2D eigenvalue weighted by molar-refractivity contribution is 6.29. The summed E-state index contributed by atoms with van der Waals surface area (Å²) < 4.78 is 6.76. The number of hydrogen-bond acceptors (Lipinski definition) is 3. The first kappa shape index (κ1) is 16.2. The van der Waals surface area contributed by atoms with Crippen LogP contribution in [0.4, 0.5) is 4.79 Å². The molecule has 2 heterocycles. The molecule has 22 heavy (non-hydrogen) atoms. The van der Waals surface area contributed by atoms with Crippen LogP contribution in [0.2, 0.25) is 5.15 Å². The van der Waals surface area contributed by atoms with Crippen LogP contribution in [0.5, 0.6) is 0 Å². The highest BCUT2D eigenvalue weighted by Gasteiger charge is 2.15. The molecule has 0 aliphatic carbocycles. The molecule has 0 aliphatic heterocycles. The number of fused-ring (bicyclic) bond motifs is 1. The number of nitrogens with zero attached hydrogens (tertiary/aromatic N) is 2. The topological polar surface area (TPSA) is 55.6 Å². The summed E-state index contributed by atoms with van der Waals surface area (Å²) in [5.41, 5.74) is 1.98. The largest absolute Gasteiger partial charge is 0.444 e. The van der Waals surface area contributed by atoms with Crippen LogP contribution in [-0.4, -0.2) is 27.9 Å². The Balaban J connectivity index is 2.05. The number of amides is 1. The van der Waals surface area contributed by atoms with Crippen molar-refractivity contribution in [2.45, 2.75) is 33.3 Å². The van der Waals surface area contributed by atoms with Gasteiger partial charge in [0.1, 0.15) is 16.4 Å². The van der Waals surface area contributed by atoms with Gasteiger partial charge in [-0.2, -0.15) is 5.10 Å². The van der Waals surface area contributed by atoms with Gasteiger partial charge in [-0.1, -0.05) is 23.6 Å². The van der Waals surface area contributed by atoms with E-state index in [1.165, 1.54) is 0 Å². The van der Waals surface area contributed by atoms with Crippen molar-refractivity contribution in [2.24, 2.45) is 0 Å². The van der Waals surface area contributed by atoms with Gasteiger partial charge >= 0.3 is 6.09 Å². The molecule has 0 atom stereocenters. The Hall–Kier alpha value is -2.19. The molecule has 0 saturated heterocycles. The van der Waals surface area contributed by atoms with Crippen LogP contribution in [0.1, 0.15) is 32.0 Å². The number of halogens is 1. The molecule has 2 rings (SSSR count). The predicted molar refractivity (Wildman–Crippen MR) is 86.1 cm³/mol. The number of rotatable bonds is 1. The van der Waals surface area contributed by atoms with Crippen molar-refractivity contribution in [3.63, 3.8) is 0 Å². The second-order valence-corrected chi connectivity index (χ2v) is 6.16. The average molecular weight is 320 g/mol. The van der Waals surface area contributed by atoms with Gasteiger partial charge in [0.25, 0.3) is 0 Å². The number of carbonyl (C=O) groups excluding carboxylic acids is 1. The lowest BCUT2D eigenvalue weighted by Crippen LogP contribution is -2.32. The Morgan fingerprint density at radius 2 is 2.18 bits per heavy atom. The van der Waals surface area contributed by atoms with E-state index < -0.39 is 11.7 Å². The van der Waals surface area contributed by atoms with Crippen LogP contribution in [-0.2, 0) is 4.74 Å². The molecule has 1 N–H and O–H groups in total. The SMILES string of the molecule is Cc1c(C#CCNC(=O)OC(C)(C)C)nn2c(Cl)cccc12. The standard InChI is InChI=1S/C16H18ClN3O2/c1-11-12(19-20-13(11)8-5-9-14(20)17)7-6-10-18-15(21)22-16(2,3)4/h5,8-9H,10H2,1-4H3,(H,18,21). The molecule has 2 aromatic heterocycles. The van der Waals surface area contributed by atoms with Crippen LogP contribution in [0, 0.1) is 18.8 Å². The highest BCUT2D eigenvalue weighted by atomic mass is 35.5. The van der Waals surface area contributed by atoms with Gasteiger partial charge in [0.15, 0.2) is 0 Å². The van der Waals surface area contributed by atoms with Gasteiger partial charge in [0, 0.05) is 5.56 Å². The van der Waals surface area contributed by atoms with Gasteiger partial charge in [-0.3, -0.25) is 0 Å². The third-order valence-corrected chi connectivity index (χ3v) is 3.07. The first-order chi connectivity index (χ1) is 10.3. The Morgan fingerprint density at radius 1 is 1.45 bits per heavy atom. The zero-order chi connectivity index (χ0) is 16.3. The fourth-order valence-corrected chi connectivity index (χ4v) is 2.04. The Bertz CT molecular complexity index is 763. The summed E-state index contributed by atoms with van der Waals surface area (Å²) in [6.45, 7) is 7.55. The molecule has 0 fully saturated rings. The van der Waals surface area contributed by atoms with E-state index in [9.17, 15) is 4.79 Å². The molecule has 0 spiro atoms. The summed E-state index contributed by atoms with van der Waals surface area (Å²) in [5.74, 6) is 5.80. The first-order valence-corrected chi connectivity index (χ1v) is 7.25. The summed E-state index contributed by atoms with van der Waals surface area (Å²) in [6, 6.07) is 5.56. The van der Waals surface area contributed by atoms with E-state index >= 15 is 0 Å². The van der Waals surface area contributed by atoms with Crippen molar-refractivity contribution in [1.82, 2.24) is 14.9 Å². The Labute approximate surface area is 134 Å². The fraction of sp³-hybridized carbons (Fsp3) is 0.375. The predicted octanol–water partition coefficient (Wildman–Crippen LogP) is 3.17. The number of hydrogen-bond donors (Lipinski definition) is 1. The molecular weight excluding hydrogens is 302 g/mol. The second-order valence-electron chi connectivity index (χ2n) is 5.78. The molecular formula is C16H18ClN3O2. The van der Waals surface area contributed by atoms with Crippen LogP contribution in [0.25, 0.3) is 5.52 Å². The van der Waals surface area contributed by atoms with Gasteiger partial charge < -0.3 is 10.1 Å². The van der Waals surface area contributed by atoms with E-state index in [2.05, 4.69) is 22.3 Å². The van der Waals surface area contributed by atoms with E-state index in [-0.39, 0.29) is 6.54 Å². The minimum atomic E-state index is -0.521. The number of aryl methyl sites for hydroxylation is 1. The molecule has 0 bridgehead atoms. The number of nitrogens with one attached hydrogen (secondary N) is 1. The third kappa shape index (κ3) is 3.92. The first-order valence-electron chi connectivity index (χ1n) is 6.87. The molecule has 0 aromatic carbocycles. The number of alkyl carbamates (subject to hydrolysis) is 1. The van der Waals surface area contributed by atoms with Crippen LogP contribution >= 0.6 is 11.6 Å². The van der Waals surface area contributed by atoms with Crippen molar-refractivity contribution in [2.75, 3.05) is 6.54 Å². The maximum absolute atomic E-state index is 11.5. The van der Waals surface area contributed by atoms with Crippen molar-refractivity contribution >= 4 is 23.2 Å². The van der Waals surface area contributed by atoms with Crippen LogP contribution in [0.15, 0.2) is 18.2 Å². The Morgan fingerprint density at radius 3 is 2.82 bits per heavy atom. The smallest absolute Gasteiger partial charge is 0.408 e.